The summed E-state index contributed by atoms with van der Waals surface area (Å²) in [5, 5.41) is 3.23. The molecule has 6 rings (SSSR count). The molecular formula is C20H26N4O3. The number of oxazole rings is 1. The molecule has 0 radical (unpaired) electrons. The van der Waals surface area contributed by atoms with Crippen LogP contribution in [0.25, 0.3) is 11.1 Å². The van der Waals surface area contributed by atoms with Crippen molar-refractivity contribution in [2.24, 2.45) is 5.92 Å². The van der Waals surface area contributed by atoms with Crippen molar-refractivity contribution in [3.8, 4) is 0 Å². The summed E-state index contributed by atoms with van der Waals surface area (Å²) in [7, 11) is 0. The van der Waals surface area contributed by atoms with Crippen LogP contribution in [0.15, 0.2) is 22.6 Å². The lowest BCUT2D eigenvalue weighted by molar-refractivity contribution is 0.0295. The normalized spacial score (nSPS) is 28.5. The number of carbonyl (C=O) groups excluding carboxylic acids is 1. The maximum Gasteiger partial charge on any atom is 0.254 e. The summed E-state index contributed by atoms with van der Waals surface area (Å²) in [6.45, 7) is 6.08. The topological polar surface area (TPSA) is 70.8 Å². The van der Waals surface area contributed by atoms with Gasteiger partial charge in [0.25, 0.3) is 5.91 Å². The van der Waals surface area contributed by atoms with Gasteiger partial charge in [0.15, 0.2) is 5.58 Å². The van der Waals surface area contributed by atoms with E-state index in [1.54, 1.807) is 0 Å². The number of para-hydroxylation sites is 1. The third-order valence-corrected chi connectivity index (χ3v) is 6.11. The van der Waals surface area contributed by atoms with E-state index in [0.29, 0.717) is 29.1 Å². The van der Waals surface area contributed by atoms with Gasteiger partial charge in [-0.05, 0) is 37.3 Å². The molecule has 4 saturated heterocycles. The van der Waals surface area contributed by atoms with E-state index in [4.69, 9.17) is 9.15 Å². The number of benzene rings is 1. The summed E-state index contributed by atoms with van der Waals surface area (Å²) in [6, 6.07) is 5.59. The summed E-state index contributed by atoms with van der Waals surface area (Å²) in [6.07, 6.45) is 3.73. The predicted molar refractivity (Wildman–Crippen MR) is 100 cm³/mol. The zero-order valence-corrected chi connectivity index (χ0v) is 15.5. The monoisotopic (exact) mass is 370 g/mol. The molecule has 7 nitrogen and oxygen atoms in total. The van der Waals surface area contributed by atoms with Crippen LogP contribution in [0.1, 0.15) is 35.5 Å². The Morgan fingerprint density at radius 3 is 2.74 bits per heavy atom. The standard InChI is InChI=1S/C20H26N4O3/c25-20(21-17-12-14-4-6-24(17)7-5-14)15-2-1-3-16-19(15)22-18(27-16)13-23-8-10-26-11-9-23/h1-3,14,17H,4-13H2,(H,21,25)/t17-/m0/s1. The van der Waals surface area contributed by atoms with Crippen LogP contribution >= 0.6 is 0 Å². The van der Waals surface area contributed by atoms with E-state index in [1.807, 2.05) is 18.2 Å². The molecule has 5 heterocycles. The molecule has 1 atom stereocenters. The molecule has 27 heavy (non-hydrogen) atoms. The predicted octanol–water partition coefficient (Wildman–Crippen LogP) is 1.83. The zero-order valence-electron chi connectivity index (χ0n) is 15.5. The highest BCUT2D eigenvalue weighted by molar-refractivity contribution is 6.04. The van der Waals surface area contributed by atoms with Crippen molar-refractivity contribution in [2.45, 2.75) is 32.0 Å². The summed E-state index contributed by atoms with van der Waals surface area (Å²) in [5.74, 6) is 1.36. The number of rotatable bonds is 4. The van der Waals surface area contributed by atoms with Crippen LogP contribution in [0.3, 0.4) is 0 Å². The number of aromatic nitrogens is 1. The molecule has 144 valence electrons. The van der Waals surface area contributed by atoms with Gasteiger partial charge < -0.3 is 14.5 Å². The molecule has 4 aliphatic rings. The van der Waals surface area contributed by atoms with Crippen molar-refractivity contribution in [2.75, 3.05) is 39.4 Å². The van der Waals surface area contributed by atoms with E-state index in [2.05, 4.69) is 20.1 Å². The van der Waals surface area contributed by atoms with Crippen LogP contribution in [0.2, 0.25) is 0 Å². The highest BCUT2D eigenvalue weighted by Gasteiger charge is 2.34. The number of piperidine rings is 3. The number of ether oxygens (including phenoxy) is 1. The van der Waals surface area contributed by atoms with E-state index >= 15 is 0 Å². The molecule has 1 aromatic carbocycles. The second-order valence-corrected chi connectivity index (χ2v) is 7.85. The van der Waals surface area contributed by atoms with Crippen LogP contribution in [-0.2, 0) is 11.3 Å². The number of amides is 1. The Balaban J connectivity index is 1.34. The highest BCUT2D eigenvalue weighted by atomic mass is 16.5. The van der Waals surface area contributed by atoms with Gasteiger partial charge in [-0.2, -0.15) is 0 Å². The molecule has 2 bridgehead atoms. The Morgan fingerprint density at radius 1 is 1.19 bits per heavy atom. The van der Waals surface area contributed by atoms with Gasteiger partial charge in [0, 0.05) is 26.2 Å². The van der Waals surface area contributed by atoms with Gasteiger partial charge in [0.05, 0.1) is 31.5 Å². The molecular weight excluding hydrogens is 344 g/mol. The Kier molecular flexibility index (Phi) is 4.59. The first-order valence-electron chi connectivity index (χ1n) is 10.00. The summed E-state index contributed by atoms with van der Waals surface area (Å²) >= 11 is 0. The molecule has 0 spiro atoms. The maximum atomic E-state index is 13.0. The van der Waals surface area contributed by atoms with Crippen molar-refractivity contribution in [1.82, 2.24) is 20.1 Å². The van der Waals surface area contributed by atoms with E-state index in [0.717, 1.165) is 51.7 Å². The molecule has 0 unspecified atom stereocenters. The minimum absolute atomic E-state index is 0.0515. The minimum Gasteiger partial charge on any atom is -0.439 e. The van der Waals surface area contributed by atoms with Crippen molar-refractivity contribution in [1.29, 1.82) is 0 Å². The quantitative estimate of drug-likeness (QED) is 0.885. The second-order valence-electron chi connectivity index (χ2n) is 7.85. The lowest BCUT2D eigenvalue weighted by Crippen LogP contribution is -2.56. The highest BCUT2D eigenvalue weighted by Crippen LogP contribution is 2.31. The fourth-order valence-electron chi connectivity index (χ4n) is 4.54. The van der Waals surface area contributed by atoms with Crippen molar-refractivity contribution in [3.05, 3.63) is 29.7 Å². The van der Waals surface area contributed by atoms with E-state index in [1.165, 1.54) is 12.8 Å². The molecule has 2 aromatic rings. The number of nitrogens with zero attached hydrogens (tertiary/aromatic N) is 3. The van der Waals surface area contributed by atoms with Crippen LogP contribution < -0.4 is 5.32 Å². The first-order chi connectivity index (χ1) is 13.3. The molecule has 4 aliphatic heterocycles. The zero-order chi connectivity index (χ0) is 18.2. The summed E-state index contributed by atoms with van der Waals surface area (Å²) < 4.78 is 11.3. The number of carbonyl (C=O) groups is 1. The molecule has 4 fully saturated rings. The van der Waals surface area contributed by atoms with E-state index < -0.39 is 0 Å². The molecule has 0 saturated carbocycles. The van der Waals surface area contributed by atoms with E-state index in [-0.39, 0.29) is 12.1 Å². The number of hydrogen-bond acceptors (Lipinski definition) is 6. The van der Waals surface area contributed by atoms with Crippen LogP contribution in [0.4, 0.5) is 0 Å². The third-order valence-electron chi connectivity index (χ3n) is 6.11. The molecule has 1 amide bonds. The molecule has 1 aromatic heterocycles. The summed E-state index contributed by atoms with van der Waals surface area (Å²) in [4.78, 5) is 22.3. The Morgan fingerprint density at radius 2 is 2.00 bits per heavy atom. The number of nitrogens with one attached hydrogen (secondary N) is 1. The molecule has 0 aliphatic carbocycles. The first-order valence-corrected chi connectivity index (χ1v) is 10.00. The SMILES string of the molecule is O=C(N[C@@H]1CC2CCN1CC2)c1cccc2oc(CN3CCOCC3)nc12. The Hall–Kier alpha value is -1.96. The van der Waals surface area contributed by atoms with Crippen LogP contribution in [0, 0.1) is 5.92 Å². The van der Waals surface area contributed by atoms with Gasteiger partial charge in [-0.15, -0.1) is 0 Å². The van der Waals surface area contributed by atoms with Gasteiger partial charge in [-0.25, -0.2) is 4.98 Å². The lowest BCUT2D eigenvalue weighted by atomic mass is 9.86. The van der Waals surface area contributed by atoms with Gasteiger partial charge in [0.1, 0.15) is 5.52 Å². The largest absolute Gasteiger partial charge is 0.439 e. The first kappa shape index (κ1) is 17.2. The van der Waals surface area contributed by atoms with E-state index in [9.17, 15) is 4.79 Å². The second kappa shape index (κ2) is 7.22. The average Bonchev–Trinajstić information content (AvgIpc) is 3.12. The van der Waals surface area contributed by atoms with Crippen LogP contribution in [0.5, 0.6) is 0 Å². The van der Waals surface area contributed by atoms with Gasteiger partial charge >= 0.3 is 0 Å². The third kappa shape index (κ3) is 3.47. The van der Waals surface area contributed by atoms with Crippen LogP contribution in [-0.4, -0.2) is 66.2 Å². The smallest absolute Gasteiger partial charge is 0.254 e. The van der Waals surface area contributed by atoms with Crippen molar-refractivity contribution in [3.63, 3.8) is 0 Å². The Labute approximate surface area is 158 Å². The van der Waals surface area contributed by atoms with Gasteiger partial charge in [-0.3, -0.25) is 14.6 Å². The summed E-state index contributed by atoms with van der Waals surface area (Å²) in [5.41, 5.74) is 1.94. The Bertz CT molecular complexity index is 822. The molecule has 1 N–H and O–H groups in total. The van der Waals surface area contributed by atoms with Crippen molar-refractivity contribution >= 4 is 17.0 Å². The maximum absolute atomic E-state index is 13.0. The number of morpholine rings is 1. The number of fused-ring (bicyclic) bond motifs is 4. The fourth-order valence-corrected chi connectivity index (χ4v) is 4.54. The number of hydrogen-bond donors (Lipinski definition) is 1. The average molecular weight is 370 g/mol. The van der Waals surface area contributed by atoms with Gasteiger partial charge in [-0.1, -0.05) is 6.07 Å². The van der Waals surface area contributed by atoms with Gasteiger partial charge in [0.2, 0.25) is 5.89 Å². The lowest BCUT2D eigenvalue weighted by Gasteiger charge is -2.45. The molecule has 7 heteroatoms. The minimum atomic E-state index is -0.0515. The van der Waals surface area contributed by atoms with Crippen molar-refractivity contribution < 1.29 is 13.9 Å². The fraction of sp³-hybridized carbons (Fsp3) is 0.600.